The Labute approximate surface area is 97.4 Å². The summed E-state index contributed by atoms with van der Waals surface area (Å²) >= 11 is 0. The minimum absolute atomic E-state index is 0.121. The van der Waals surface area contributed by atoms with Gasteiger partial charge >= 0.3 is 0 Å². The number of benzene rings is 1. The molecule has 2 rings (SSSR count). The summed E-state index contributed by atoms with van der Waals surface area (Å²) in [6.45, 7) is 2.20. The molecule has 0 atom stereocenters. The van der Waals surface area contributed by atoms with Crippen molar-refractivity contribution in [1.82, 2.24) is 5.16 Å². The minimum Gasteiger partial charge on any atom is -0.378 e. The minimum atomic E-state index is -0.393. The number of nitrogens with one attached hydrogen (secondary N) is 1. The molecule has 2 aromatic rings. The van der Waals surface area contributed by atoms with Crippen molar-refractivity contribution in [3.05, 3.63) is 51.9 Å². The normalized spacial score (nSPS) is 10.2. The quantitative estimate of drug-likeness (QED) is 0.648. The van der Waals surface area contributed by atoms with Crippen LogP contribution in [0, 0.1) is 17.0 Å². The fourth-order valence-electron chi connectivity index (χ4n) is 1.49. The van der Waals surface area contributed by atoms with Crippen molar-refractivity contribution < 1.29 is 9.45 Å². The Balaban J connectivity index is 2.07. The molecule has 0 aliphatic carbocycles. The van der Waals surface area contributed by atoms with Crippen LogP contribution in [-0.4, -0.2) is 10.1 Å². The van der Waals surface area contributed by atoms with Gasteiger partial charge in [-0.1, -0.05) is 5.16 Å². The van der Waals surface area contributed by atoms with Crippen molar-refractivity contribution in [2.24, 2.45) is 0 Å². The molecule has 0 radical (unpaired) electrons. The number of nitro groups is 1. The second-order valence-corrected chi connectivity index (χ2v) is 3.59. The number of rotatable bonds is 4. The molecule has 0 aliphatic rings. The molecule has 0 unspecified atom stereocenters. The highest BCUT2D eigenvalue weighted by Crippen LogP contribution is 2.21. The molecule has 1 aromatic carbocycles. The lowest BCUT2D eigenvalue weighted by molar-refractivity contribution is -0.385. The summed E-state index contributed by atoms with van der Waals surface area (Å²) in [5.74, 6) is 0.709. The van der Waals surface area contributed by atoms with Crippen LogP contribution in [0.1, 0.15) is 11.3 Å². The van der Waals surface area contributed by atoms with E-state index < -0.39 is 4.92 Å². The number of anilines is 1. The van der Waals surface area contributed by atoms with Gasteiger partial charge in [-0.05, 0) is 19.1 Å². The summed E-state index contributed by atoms with van der Waals surface area (Å²) in [7, 11) is 0. The Morgan fingerprint density at radius 2 is 2.29 bits per heavy atom. The van der Waals surface area contributed by atoms with Crippen molar-refractivity contribution in [2.45, 2.75) is 13.5 Å². The summed E-state index contributed by atoms with van der Waals surface area (Å²) in [6.07, 6.45) is 1.57. The Morgan fingerprint density at radius 1 is 1.47 bits per heavy atom. The van der Waals surface area contributed by atoms with Crippen molar-refractivity contribution >= 4 is 11.4 Å². The molecule has 1 N–H and O–H groups in total. The van der Waals surface area contributed by atoms with Crippen LogP contribution in [0.15, 0.2) is 35.0 Å². The topological polar surface area (TPSA) is 81.2 Å². The van der Waals surface area contributed by atoms with Crippen molar-refractivity contribution in [3.63, 3.8) is 0 Å². The highest BCUT2D eigenvalue weighted by molar-refractivity contribution is 5.53. The van der Waals surface area contributed by atoms with E-state index in [-0.39, 0.29) is 5.69 Å². The third-order valence-corrected chi connectivity index (χ3v) is 2.35. The van der Waals surface area contributed by atoms with Gasteiger partial charge in [-0.2, -0.15) is 0 Å². The van der Waals surface area contributed by atoms with Gasteiger partial charge in [0.15, 0.2) is 5.76 Å². The standard InChI is InChI=1S/C11H11N3O3/c1-8-6-9(2-3-11(8)14(15)16)12-7-10-4-5-13-17-10/h2-6,12H,7H2,1H3. The number of nitro benzene ring substituents is 1. The summed E-state index contributed by atoms with van der Waals surface area (Å²) in [4.78, 5) is 10.2. The molecular weight excluding hydrogens is 222 g/mol. The Morgan fingerprint density at radius 3 is 2.88 bits per heavy atom. The molecule has 1 heterocycles. The SMILES string of the molecule is Cc1cc(NCc2ccno2)ccc1[N+](=O)[O-]. The molecule has 6 nitrogen and oxygen atoms in total. The first-order valence-electron chi connectivity index (χ1n) is 5.05. The Kier molecular flexibility index (Phi) is 3.04. The number of aryl methyl sites for hydroxylation is 1. The van der Waals surface area contributed by atoms with Crippen LogP contribution in [0.3, 0.4) is 0 Å². The Hall–Kier alpha value is -2.37. The molecule has 0 saturated carbocycles. The maximum Gasteiger partial charge on any atom is 0.272 e. The van der Waals surface area contributed by atoms with E-state index >= 15 is 0 Å². The van der Waals surface area contributed by atoms with Gasteiger partial charge in [0.2, 0.25) is 0 Å². The van der Waals surface area contributed by atoms with Crippen molar-refractivity contribution in [1.29, 1.82) is 0 Å². The van der Waals surface area contributed by atoms with Gasteiger partial charge in [-0.25, -0.2) is 0 Å². The lowest BCUT2D eigenvalue weighted by atomic mass is 10.2. The molecule has 6 heteroatoms. The molecule has 0 spiro atoms. The van der Waals surface area contributed by atoms with E-state index in [1.54, 1.807) is 31.3 Å². The zero-order chi connectivity index (χ0) is 12.3. The highest BCUT2D eigenvalue weighted by Gasteiger charge is 2.09. The molecule has 88 valence electrons. The third-order valence-electron chi connectivity index (χ3n) is 2.35. The van der Waals surface area contributed by atoms with Gasteiger partial charge in [-0.3, -0.25) is 10.1 Å². The number of aromatic nitrogens is 1. The maximum atomic E-state index is 10.6. The van der Waals surface area contributed by atoms with Gasteiger partial charge in [0.05, 0.1) is 17.7 Å². The number of hydrogen-bond acceptors (Lipinski definition) is 5. The first-order chi connectivity index (χ1) is 8.16. The van der Waals surface area contributed by atoms with Gasteiger partial charge in [0, 0.05) is 23.4 Å². The molecule has 0 aliphatic heterocycles. The molecule has 1 aromatic heterocycles. The van der Waals surface area contributed by atoms with Crippen LogP contribution in [0.25, 0.3) is 0 Å². The predicted molar refractivity (Wildman–Crippen MR) is 61.7 cm³/mol. The van der Waals surface area contributed by atoms with E-state index in [9.17, 15) is 10.1 Å². The average Bonchev–Trinajstić information content (AvgIpc) is 2.78. The van der Waals surface area contributed by atoms with E-state index in [0.29, 0.717) is 17.9 Å². The van der Waals surface area contributed by atoms with Gasteiger partial charge in [-0.15, -0.1) is 0 Å². The smallest absolute Gasteiger partial charge is 0.272 e. The van der Waals surface area contributed by atoms with E-state index in [1.165, 1.54) is 6.07 Å². The van der Waals surface area contributed by atoms with E-state index in [0.717, 1.165) is 5.69 Å². The van der Waals surface area contributed by atoms with Crippen molar-refractivity contribution in [3.8, 4) is 0 Å². The van der Waals surface area contributed by atoms with Crippen LogP contribution in [0.4, 0.5) is 11.4 Å². The van der Waals surface area contributed by atoms with Crippen LogP contribution >= 0.6 is 0 Å². The average molecular weight is 233 g/mol. The second kappa shape index (κ2) is 4.65. The van der Waals surface area contributed by atoms with E-state index in [2.05, 4.69) is 10.5 Å². The lowest BCUT2D eigenvalue weighted by Gasteiger charge is -2.05. The van der Waals surface area contributed by atoms with Gasteiger partial charge < -0.3 is 9.84 Å². The molecule has 0 fully saturated rings. The van der Waals surface area contributed by atoms with Gasteiger partial charge in [0.1, 0.15) is 0 Å². The number of hydrogen-bond donors (Lipinski definition) is 1. The molecule has 0 amide bonds. The first-order valence-corrected chi connectivity index (χ1v) is 5.05. The first kappa shape index (κ1) is 11.1. The van der Waals surface area contributed by atoms with Crippen LogP contribution in [0.5, 0.6) is 0 Å². The van der Waals surface area contributed by atoms with Gasteiger partial charge in [0.25, 0.3) is 5.69 Å². The highest BCUT2D eigenvalue weighted by atomic mass is 16.6. The molecular formula is C11H11N3O3. The summed E-state index contributed by atoms with van der Waals surface area (Å²) in [6, 6.07) is 6.64. The second-order valence-electron chi connectivity index (χ2n) is 3.59. The fourth-order valence-corrected chi connectivity index (χ4v) is 1.49. The zero-order valence-corrected chi connectivity index (χ0v) is 9.21. The van der Waals surface area contributed by atoms with E-state index in [1.807, 2.05) is 0 Å². The summed E-state index contributed by atoms with van der Waals surface area (Å²) in [5, 5.41) is 17.3. The summed E-state index contributed by atoms with van der Waals surface area (Å²) < 4.78 is 4.93. The van der Waals surface area contributed by atoms with Crippen LogP contribution in [-0.2, 0) is 6.54 Å². The molecule has 0 saturated heterocycles. The van der Waals surface area contributed by atoms with E-state index in [4.69, 9.17) is 4.52 Å². The number of nitrogens with zero attached hydrogens (tertiary/aromatic N) is 2. The molecule has 17 heavy (non-hydrogen) atoms. The predicted octanol–water partition coefficient (Wildman–Crippen LogP) is 2.50. The largest absolute Gasteiger partial charge is 0.378 e. The molecule has 0 bridgehead atoms. The van der Waals surface area contributed by atoms with Crippen molar-refractivity contribution in [2.75, 3.05) is 5.32 Å². The monoisotopic (exact) mass is 233 g/mol. The van der Waals surface area contributed by atoms with Crippen LogP contribution < -0.4 is 5.32 Å². The maximum absolute atomic E-state index is 10.6. The third kappa shape index (κ3) is 2.60. The lowest BCUT2D eigenvalue weighted by Crippen LogP contribution is -1.99. The van der Waals surface area contributed by atoms with Crippen LogP contribution in [0.2, 0.25) is 0 Å². The zero-order valence-electron chi connectivity index (χ0n) is 9.21. The summed E-state index contributed by atoms with van der Waals surface area (Å²) in [5.41, 5.74) is 1.55. The Bertz CT molecular complexity index is 523. The fraction of sp³-hybridized carbons (Fsp3) is 0.182.